The van der Waals surface area contributed by atoms with Crippen LogP contribution in [0.1, 0.15) is 18.4 Å². The Labute approximate surface area is 79.9 Å². The van der Waals surface area contributed by atoms with Gasteiger partial charge in [0, 0.05) is 12.5 Å². The van der Waals surface area contributed by atoms with Gasteiger partial charge in [-0.1, -0.05) is 0 Å². The molecule has 0 saturated carbocycles. The number of furan rings is 1. The molecule has 1 aromatic heterocycles. The zero-order chi connectivity index (χ0) is 10.6. The summed E-state index contributed by atoms with van der Waals surface area (Å²) in [6, 6.07) is 1.24. The zero-order valence-electron chi connectivity index (χ0n) is 7.55. The topological polar surface area (TPSA) is 39.2 Å². The molecule has 0 bridgehead atoms. The highest BCUT2D eigenvalue weighted by molar-refractivity contribution is 5.06. The molecule has 0 saturated heterocycles. The van der Waals surface area contributed by atoms with E-state index in [0.717, 1.165) is 5.56 Å². The Kier molecular flexibility index (Phi) is 3.57. The molecule has 1 aromatic rings. The average molecular weight is 207 g/mol. The maximum absolute atomic E-state index is 11.8. The van der Waals surface area contributed by atoms with Crippen LogP contribution < -0.4 is 5.73 Å². The van der Waals surface area contributed by atoms with Gasteiger partial charge in [-0.25, -0.2) is 0 Å². The van der Waals surface area contributed by atoms with Crippen LogP contribution in [-0.4, -0.2) is 12.2 Å². The molecule has 0 amide bonds. The van der Waals surface area contributed by atoms with Crippen molar-refractivity contribution in [3.63, 3.8) is 0 Å². The SMILES string of the molecule is NC(CCC(F)(F)F)Cc1ccoc1. The van der Waals surface area contributed by atoms with E-state index in [2.05, 4.69) is 0 Å². The van der Waals surface area contributed by atoms with Gasteiger partial charge in [0.1, 0.15) is 0 Å². The van der Waals surface area contributed by atoms with E-state index in [4.69, 9.17) is 10.2 Å². The molecule has 0 aliphatic heterocycles. The van der Waals surface area contributed by atoms with Crippen molar-refractivity contribution < 1.29 is 17.6 Å². The van der Waals surface area contributed by atoms with E-state index >= 15 is 0 Å². The maximum Gasteiger partial charge on any atom is 0.389 e. The van der Waals surface area contributed by atoms with Crippen LogP contribution in [0.2, 0.25) is 0 Å². The summed E-state index contributed by atoms with van der Waals surface area (Å²) in [5.74, 6) is 0. The molecule has 1 rings (SSSR count). The second kappa shape index (κ2) is 4.50. The van der Waals surface area contributed by atoms with Gasteiger partial charge in [-0.05, 0) is 24.5 Å². The number of alkyl halides is 3. The lowest BCUT2D eigenvalue weighted by Gasteiger charge is -2.11. The highest BCUT2D eigenvalue weighted by Gasteiger charge is 2.27. The quantitative estimate of drug-likeness (QED) is 0.823. The maximum atomic E-state index is 11.8. The third kappa shape index (κ3) is 4.32. The normalized spacial score (nSPS) is 14.3. The third-order valence-electron chi connectivity index (χ3n) is 1.88. The molecule has 5 heteroatoms. The van der Waals surface area contributed by atoms with Gasteiger partial charge in [0.2, 0.25) is 0 Å². The van der Waals surface area contributed by atoms with Crippen molar-refractivity contribution in [1.82, 2.24) is 0 Å². The van der Waals surface area contributed by atoms with Crippen LogP contribution in [0.4, 0.5) is 13.2 Å². The van der Waals surface area contributed by atoms with Crippen LogP contribution >= 0.6 is 0 Å². The Morgan fingerprint density at radius 2 is 2.14 bits per heavy atom. The van der Waals surface area contributed by atoms with Crippen LogP contribution in [0, 0.1) is 0 Å². The van der Waals surface area contributed by atoms with Crippen molar-refractivity contribution in [2.24, 2.45) is 5.73 Å². The lowest BCUT2D eigenvalue weighted by Crippen LogP contribution is -2.25. The van der Waals surface area contributed by atoms with Crippen molar-refractivity contribution in [3.8, 4) is 0 Å². The Hall–Kier alpha value is -0.970. The second-order valence-electron chi connectivity index (χ2n) is 3.25. The van der Waals surface area contributed by atoms with Gasteiger partial charge in [0.05, 0.1) is 12.5 Å². The molecular formula is C9H12F3NO. The van der Waals surface area contributed by atoms with E-state index in [1.165, 1.54) is 12.5 Å². The van der Waals surface area contributed by atoms with Gasteiger partial charge >= 0.3 is 6.18 Å². The van der Waals surface area contributed by atoms with Gasteiger partial charge in [0.25, 0.3) is 0 Å². The summed E-state index contributed by atoms with van der Waals surface area (Å²) < 4.78 is 40.2. The number of nitrogens with two attached hydrogens (primary N) is 1. The minimum atomic E-state index is -4.12. The number of hydrogen-bond acceptors (Lipinski definition) is 2. The molecule has 1 atom stereocenters. The summed E-state index contributed by atoms with van der Waals surface area (Å²) in [5, 5.41) is 0. The van der Waals surface area contributed by atoms with Crippen LogP contribution in [0.3, 0.4) is 0 Å². The fraction of sp³-hybridized carbons (Fsp3) is 0.556. The predicted molar refractivity (Wildman–Crippen MR) is 45.7 cm³/mol. The fourth-order valence-corrected chi connectivity index (χ4v) is 1.16. The largest absolute Gasteiger partial charge is 0.472 e. The molecule has 0 aromatic carbocycles. The van der Waals surface area contributed by atoms with Crippen LogP contribution in [0.15, 0.2) is 23.0 Å². The van der Waals surface area contributed by atoms with Crippen molar-refractivity contribution in [2.45, 2.75) is 31.5 Å². The van der Waals surface area contributed by atoms with Crippen LogP contribution in [-0.2, 0) is 6.42 Å². The number of rotatable bonds is 4. The predicted octanol–water partition coefficient (Wildman–Crippen LogP) is 2.49. The van der Waals surface area contributed by atoms with Gasteiger partial charge in [-0.15, -0.1) is 0 Å². The summed E-state index contributed by atoms with van der Waals surface area (Å²) >= 11 is 0. The lowest BCUT2D eigenvalue weighted by molar-refractivity contribution is -0.136. The Morgan fingerprint density at radius 1 is 1.43 bits per heavy atom. The number of halogens is 3. The second-order valence-corrected chi connectivity index (χ2v) is 3.25. The number of hydrogen-bond donors (Lipinski definition) is 1. The van der Waals surface area contributed by atoms with Gasteiger partial charge in [0.15, 0.2) is 0 Å². The summed E-state index contributed by atoms with van der Waals surface area (Å²) in [6.07, 6.45) is -1.60. The summed E-state index contributed by atoms with van der Waals surface area (Å²) in [6.45, 7) is 0. The van der Waals surface area contributed by atoms with Crippen LogP contribution in [0.25, 0.3) is 0 Å². The van der Waals surface area contributed by atoms with E-state index in [-0.39, 0.29) is 6.42 Å². The molecule has 2 N–H and O–H groups in total. The Morgan fingerprint density at radius 3 is 2.64 bits per heavy atom. The molecule has 14 heavy (non-hydrogen) atoms. The first-order valence-electron chi connectivity index (χ1n) is 4.31. The Bertz CT molecular complexity index is 256. The first-order valence-corrected chi connectivity index (χ1v) is 4.31. The third-order valence-corrected chi connectivity index (χ3v) is 1.88. The van der Waals surface area contributed by atoms with E-state index < -0.39 is 18.6 Å². The van der Waals surface area contributed by atoms with E-state index in [9.17, 15) is 13.2 Å². The average Bonchev–Trinajstić information content (AvgIpc) is 2.52. The first kappa shape index (κ1) is 11.1. The highest BCUT2D eigenvalue weighted by atomic mass is 19.4. The lowest BCUT2D eigenvalue weighted by atomic mass is 10.1. The molecule has 0 spiro atoms. The minimum absolute atomic E-state index is 0.0469. The summed E-state index contributed by atoms with van der Waals surface area (Å²) in [5.41, 5.74) is 6.36. The first-order chi connectivity index (χ1) is 6.47. The van der Waals surface area contributed by atoms with Crippen molar-refractivity contribution in [3.05, 3.63) is 24.2 Å². The molecular weight excluding hydrogens is 195 g/mol. The monoisotopic (exact) mass is 207 g/mol. The van der Waals surface area contributed by atoms with E-state index in [0.29, 0.717) is 6.42 Å². The van der Waals surface area contributed by atoms with E-state index in [1.54, 1.807) is 6.07 Å². The molecule has 80 valence electrons. The molecule has 0 aliphatic carbocycles. The molecule has 1 unspecified atom stereocenters. The highest BCUT2D eigenvalue weighted by Crippen LogP contribution is 2.22. The van der Waals surface area contributed by atoms with Crippen molar-refractivity contribution in [2.75, 3.05) is 0 Å². The van der Waals surface area contributed by atoms with Gasteiger partial charge < -0.3 is 10.2 Å². The Balaban J connectivity index is 2.26. The smallest absolute Gasteiger partial charge is 0.389 e. The van der Waals surface area contributed by atoms with Crippen LogP contribution in [0.5, 0.6) is 0 Å². The molecule has 1 heterocycles. The zero-order valence-corrected chi connectivity index (χ0v) is 7.55. The molecule has 0 radical (unpaired) electrons. The molecule has 2 nitrogen and oxygen atoms in total. The summed E-state index contributed by atoms with van der Waals surface area (Å²) in [4.78, 5) is 0. The summed E-state index contributed by atoms with van der Waals surface area (Å²) in [7, 11) is 0. The van der Waals surface area contributed by atoms with Gasteiger partial charge in [-0.2, -0.15) is 13.2 Å². The van der Waals surface area contributed by atoms with Gasteiger partial charge in [-0.3, -0.25) is 0 Å². The van der Waals surface area contributed by atoms with Crippen molar-refractivity contribution in [1.29, 1.82) is 0 Å². The standard InChI is InChI=1S/C9H12F3NO/c10-9(11,12)3-1-8(13)5-7-2-4-14-6-7/h2,4,6,8H,1,3,5,13H2. The van der Waals surface area contributed by atoms with Crippen molar-refractivity contribution >= 4 is 0 Å². The minimum Gasteiger partial charge on any atom is -0.472 e. The molecule has 0 aliphatic rings. The van der Waals surface area contributed by atoms with E-state index in [1.807, 2.05) is 0 Å². The fourth-order valence-electron chi connectivity index (χ4n) is 1.16. The molecule has 0 fully saturated rings.